The van der Waals surface area contributed by atoms with E-state index in [0.29, 0.717) is 20.6 Å². The zero-order chi connectivity index (χ0) is 20.3. The van der Waals surface area contributed by atoms with Crippen LogP contribution in [0.5, 0.6) is 0 Å². The van der Waals surface area contributed by atoms with Gasteiger partial charge in [0, 0.05) is 37.3 Å². The first-order chi connectivity index (χ1) is 13.3. The van der Waals surface area contributed by atoms with E-state index in [1.807, 2.05) is 36.4 Å². The van der Waals surface area contributed by atoms with Crippen molar-refractivity contribution in [1.29, 1.82) is 0 Å². The lowest BCUT2D eigenvalue weighted by atomic mass is 9.80. The third kappa shape index (κ3) is 4.10. The Labute approximate surface area is 179 Å². The zero-order valence-corrected chi connectivity index (χ0v) is 17.4. The Balaban J connectivity index is 2.34. The molecule has 0 aliphatic rings. The van der Waals surface area contributed by atoms with Crippen LogP contribution in [0, 0.1) is 0 Å². The molecule has 5 heteroatoms. The maximum atomic E-state index is 12.7. The number of hydrogen-bond acceptors (Lipinski definition) is 2. The van der Waals surface area contributed by atoms with E-state index in [1.54, 1.807) is 43.3 Å². The Kier molecular flexibility index (Phi) is 6.14. The summed E-state index contributed by atoms with van der Waals surface area (Å²) < 4.78 is 6.11. The van der Waals surface area contributed by atoms with Gasteiger partial charge in [-0.2, -0.15) is 0 Å². The quantitative estimate of drug-likeness (QED) is 0.245. The lowest BCUT2D eigenvalue weighted by Crippen LogP contribution is -2.35. The van der Waals surface area contributed by atoms with Crippen molar-refractivity contribution in [2.75, 3.05) is 0 Å². The molecule has 0 aliphatic heterocycles. The topological polar surface area (TPSA) is 26.3 Å². The van der Waals surface area contributed by atoms with Crippen molar-refractivity contribution >= 4 is 40.8 Å². The van der Waals surface area contributed by atoms with Gasteiger partial charge in [-0.15, -0.1) is 0 Å². The summed E-state index contributed by atoms with van der Waals surface area (Å²) in [5.74, 6) is -0.514. The SMILES string of the molecule is C=C(C)C(=O)OC(c1ccc(Cl)cc1)(c1ccc(Cl)cc1)c1ccc(Cl)cc1. The highest BCUT2D eigenvalue weighted by atomic mass is 35.5. The first-order valence-corrected chi connectivity index (χ1v) is 9.63. The van der Waals surface area contributed by atoms with E-state index in [2.05, 4.69) is 6.58 Å². The second kappa shape index (κ2) is 8.40. The largest absolute Gasteiger partial charge is 0.441 e. The van der Waals surface area contributed by atoms with E-state index < -0.39 is 11.6 Å². The lowest BCUT2D eigenvalue weighted by Gasteiger charge is -2.35. The predicted octanol–water partition coefficient (Wildman–Crippen LogP) is 7.06. The van der Waals surface area contributed by atoms with Gasteiger partial charge >= 0.3 is 5.97 Å². The minimum Gasteiger partial charge on any atom is -0.441 e. The van der Waals surface area contributed by atoms with E-state index in [1.165, 1.54) is 0 Å². The van der Waals surface area contributed by atoms with Crippen molar-refractivity contribution < 1.29 is 9.53 Å². The highest BCUT2D eigenvalue weighted by Gasteiger charge is 2.40. The van der Waals surface area contributed by atoms with Crippen molar-refractivity contribution in [2.24, 2.45) is 0 Å². The van der Waals surface area contributed by atoms with Gasteiger partial charge < -0.3 is 4.74 Å². The molecule has 0 radical (unpaired) electrons. The van der Waals surface area contributed by atoms with Gasteiger partial charge in [0.1, 0.15) is 0 Å². The van der Waals surface area contributed by atoms with E-state index in [0.717, 1.165) is 16.7 Å². The van der Waals surface area contributed by atoms with Crippen molar-refractivity contribution in [1.82, 2.24) is 0 Å². The van der Waals surface area contributed by atoms with Crippen LogP contribution >= 0.6 is 34.8 Å². The molecule has 0 saturated carbocycles. The Hall–Kier alpha value is -2.26. The monoisotopic (exact) mass is 430 g/mol. The lowest BCUT2D eigenvalue weighted by molar-refractivity contribution is -0.148. The molecule has 2 nitrogen and oxygen atoms in total. The molecule has 0 unspecified atom stereocenters. The average molecular weight is 432 g/mol. The summed E-state index contributed by atoms with van der Waals surface area (Å²) in [6.07, 6.45) is 0. The fourth-order valence-corrected chi connectivity index (χ4v) is 3.33. The van der Waals surface area contributed by atoms with Crippen LogP contribution in [-0.2, 0) is 15.1 Å². The molecular formula is C23H17Cl3O2. The second-order valence-corrected chi connectivity index (χ2v) is 7.68. The van der Waals surface area contributed by atoms with Crippen molar-refractivity contribution in [2.45, 2.75) is 12.5 Å². The number of hydrogen-bond donors (Lipinski definition) is 0. The number of rotatable bonds is 5. The smallest absolute Gasteiger partial charge is 0.334 e. The molecule has 3 aromatic carbocycles. The highest BCUT2D eigenvalue weighted by Crippen LogP contribution is 2.42. The van der Waals surface area contributed by atoms with Crippen LogP contribution < -0.4 is 0 Å². The van der Waals surface area contributed by atoms with E-state index in [4.69, 9.17) is 39.5 Å². The van der Waals surface area contributed by atoms with Crippen molar-refractivity contribution in [3.05, 3.63) is 117 Å². The fourth-order valence-electron chi connectivity index (χ4n) is 2.96. The van der Waals surface area contributed by atoms with Crippen LogP contribution in [-0.4, -0.2) is 5.97 Å². The maximum absolute atomic E-state index is 12.7. The van der Waals surface area contributed by atoms with Gasteiger partial charge in [-0.3, -0.25) is 0 Å². The van der Waals surface area contributed by atoms with Gasteiger partial charge in [-0.05, 0) is 43.3 Å². The molecule has 0 heterocycles. The molecule has 3 aromatic rings. The number of benzene rings is 3. The normalized spacial score (nSPS) is 11.1. The van der Waals surface area contributed by atoms with Gasteiger partial charge in [0.05, 0.1) is 0 Å². The third-order valence-electron chi connectivity index (χ3n) is 4.35. The number of esters is 1. The van der Waals surface area contributed by atoms with Crippen LogP contribution in [0.25, 0.3) is 0 Å². The van der Waals surface area contributed by atoms with Crippen molar-refractivity contribution in [3.8, 4) is 0 Å². The Morgan fingerprint density at radius 2 is 1.00 bits per heavy atom. The summed E-state index contributed by atoms with van der Waals surface area (Å²) in [5, 5.41) is 1.74. The Bertz CT molecular complexity index is 881. The van der Waals surface area contributed by atoms with E-state index in [9.17, 15) is 4.79 Å². The van der Waals surface area contributed by atoms with Crippen LogP contribution in [0.2, 0.25) is 15.1 Å². The van der Waals surface area contributed by atoms with Gasteiger partial charge in [-0.1, -0.05) is 77.8 Å². The molecule has 0 fully saturated rings. The first kappa shape index (κ1) is 20.5. The zero-order valence-electron chi connectivity index (χ0n) is 15.1. The highest BCUT2D eigenvalue weighted by molar-refractivity contribution is 6.31. The number of ether oxygens (including phenoxy) is 1. The molecule has 0 N–H and O–H groups in total. The van der Waals surface area contributed by atoms with E-state index in [-0.39, 0.29) is 0 Å². The molecule has 0 spiro atoms. The summed E-state index contributed by atoms with van der Waals surface area (Å²) in [5.41, 5.74) is 1.26. The minimum absolute atomic E-state index is 0.293. The molecule has 3 rings (SSSR count). The van der Waals surface area contributed by atoms with Gasteiger partial charge in [0.25, 0.3) is 0 Å². The molecule has 0 bridgehead atoms. The predicted molar refractivity (Wildman–Crippen MR) is 115 cm³/mol. The Morgan fingerprint density at radius 1 is 0.714 bits per heavy atom. The number of carbonyl (C=O) groups is 1. The van der Waals surface area contributed by atoms with Gasteiger partial charge in [-0.25, -0.2) is 4.79 Å². The maximum Gasteiger partial charge on any atom is 0.334 e. The van der Waals surface area contributed by atoms with E-state index >= 15 is 0 Å². The van der Waals surface area contributed by atoms with Crippen LogP contribution in [0.1, 0.15) is 23.6 Å². The molecule has 0 amide bonds. The summed E-state index contributed by atoms with van der Waals surface area (Å²) in [6, 6.07) is 21.5. The summed E-state index contributed by atoms with van der Waals surface area (Å²) >= 11 is 18.3. The molecule has 0 saturated heterocycles. The standard InChI is InChI=1S/C23H17Cl3O2/c1-15(2)22(27)28-23(16-3-9-19(24)10-4-16,17-5-11-20(25)12-6-17)18-7-13-21(26)14-8-18/h3-14H,1H2,2H3. The second-order valence-electron chi connectivity index (χ2n) is 6.37. The van der Waals surface area contributed by atoms with Gasteiger partial charge in [0.15, 0.2) is 5.60 Å². The fraction of sp³-hybridized carbons (Fsp3) is 0.0870. The molecule has 0 aliphatic carbocycles. The van der Waals surface area contributed by atoms with Crippen molar-refractivity contribution in [3.63, 3.8) is 0 Å². The first-order valence-electron chi connectivity index (χ1n) is 8.50. The number of carbonyl (C=O) groups excluding carboxylic acids is 1. The molecule has 0 aromatic heterocycles. The summed E-state index contributed by atoms with van der Waals surface area (Å²) in [4.78, 5) is 12.7. The molecular weight excluding hydrogens is 415 g/mol. The van der Waals surface area contributed by atoms with Crippen LogP contribution in [0.3, 0.4) is 0 Å². The Morgan fingerprint density at radius 3 is 1.25 bits per heavy atom. The van der Waals surface area contributed by atoms with Crippen LogP contribution in [0.4, 0.5) is 0 Å². The molecule has 0 atom stereocenters. The molecule has 142 valence electrons. The molecule has 28 heavy (non-hydrogen) atoms. The summed E-state index contributed by atoms with van der Waals surface area (Å²) in [7, 11) is 0. The summed E-state index contributed by atoms with van der Waals surface area (Å²) in [6.45, 7) is 5.33. The van der Waals surface area contributed by atoms with Gasteiger partial charge in [0.2, 0.25) is 0 Å². The minimum atomic E-state index is -1.23. The van der Waals surface area contributed by atoms with Crippen LogP contribution in [0.15, 0.2) is 84.9 Å². The third-order valence-corrected chi connectivity index (χ3v) is 5.10. The number of halogens is 3. The average Bonchev–Trinajstić information content (AvgIpc) is 2.68.